The minimum atomic E-state index is -0.336. The molecule has 0 bridgehead atoms. The fourth-order valence-electron chi connectivity index (χ4n) is 3.80. The number of rotatable bonds is 7. The van der Waals surface area contributed by atoms with Crippen molar-refractivity contribution in [1.82, 2.24) is 0 Å². The fourth-order valence-corrected chi connectivity index (χ4v) is 3.80. The number of esters is 1. The van der Waals surface area contributed by atoms with Crippen molar-refractivity contribution in [1.29, 1.82) is 0 Å². The smallest absolute Gasteiger partial charge is 0.330 e. The van der Waals surface area contributed by atoms with Crippen LogP contribution in [0.4, 0.5) is 0 Å². The third kappa shape index (κ3) is 3.15. The number of benzene rings is 4. The second-order valence-electron chi connectivity index (χ2n) is 6.81. The molecule has 0 N–H and O–H groups in total. The lowest BCUT2D eigenvalue weighted by molar-refractivity contribution is -0.137. The van der Waals surface area contributed by atoms with E-state index in [0.29, 0.717) is 6.61 Å². The lowest BCUT2D eigenvalue weighted by Crippen LogP contribution is -2.01. The van der Waals surface area contributed by atoms with Gasteiger partial charge in [-0.25, -0.2) is 4.79 Å². The summed E-state index contributed by atoms with van der Waals surface area (Å²) in [5.41, 5.74) is 1.37. The van der Waals surface area contributed by atoms with Crippen molar-refractivity contribution >= 4 is 38.3 Å². The number of unbranched alkanes of at least 4 members (excludes halogenated alkanes) is 2. The Morgan fingerprint density at radius 1 is 0.846 bits per heavy atom. The zero-order valence-electron chi connectivity index (χ0n) is 14.8. The van der Waals surface area contributed by atoms with Gasteiger partial charge in [0.25, 0.3) is 0 Å². The van der Waals surface area contributed by atoms with Crippen LogP contribution >= 0.6 is 0 Å². The first kappa shape index (κ1) is 16.6. The molecule has 26 heavy (non-hydrogen) atoms. The number of ether oxygens (including phenoxy) is 1. The second kappa shape index (κ2) is 7.17. The topological polar surface area (TPSA) is 26.3 Å². The molecule has 0 saturated heterocycles. The SMILES string of the molecule is C=CC(=O)OCCCCCc1cc2ccc3cccc4ccc(c1)c2c34. The summed E-state index contributed by atoms with van der Waals surface area (Å²) >= 11 is 0. The zero-order chi connectivity index (χ0) is 17.9. The molecule has 0 unspecified atom stereocenters. The van der Waals surface area contributed by atoms with E-state index in [1.54, 1.807) is 0 Å². The maximum Gasteiger partial charge on any atom is 0.330 e. The molecule has 0 amide bonds. The third-order valence-electron chi connectivity index (χ3n) is 5.04. The van der Waals surface area contributed by atoms with E-state index in [0.717, 1.165) is 25.7 Å². The van der Waals surface area contributed by atoms with Gasteiger partial charge in [0.1, 0.15) is 0 Å². The molecule has 4 rings (SSSR count). The second-order valence-corrected chi connectivity index (χ2v) is 6.81. The van der Waals surface area contributed by atoms with Crippen LogP contribution in [-0.2, 0) is 16.0 Å². The maximum absolute atomic E-state index is 11.0. The molecule has 0 spiro atoms. The van der Waals surface area contributed by atoms with Crippen LogP contribution in [0.25, 0.3) is 32.3 Å². The molecule has 0 radical (unpaired) electrons. The van der Waals surface area contributed by atoms with Gasteiger partial charge < -0.3 is 4.74 Å². The molecule has 0 aliphatic heterocycles. The predicted octanol–water partition coefficient (Wildman–Crippen LogP) is 6.03. The summed E-state index contributed by atoms with van der Waals surface area (Å²) in [6.07, 6.45) is 5.30. The van der Waals surface area contributed by atoms with Gasteiger partial charge in [0.05, 0.1) is 6.61 Å². The van der Waals surface area contributed by atoms with E-state index in [1.807, 2.05) is 0 Å². The fraction of sp³-hybridized carbons (Fsp3) is 0.208. The zero-order valence-corrected chi connectivity index (χ0v) is 14.8. The van der Waals surface area contributed by atoms with Crippen LogP contribution in [0.5, 0.6) is 0 Å². The molecule has 4 aromatic rings. The highest BCUT2D eigenvalue weighted by Gasteiger charge is 2.09. The summed E-state index contributed by atoms with van der Waals surface area (Å²) in [5, 5.41) is 8.01. The Morgan fingerprint density at radius 3 is 2.12 bits per heavy atom. The first-order chi connectivity index (χ1) is 12.8. The first-order valence-corrected chi connectivity index (χ1v) is 9.22. The van der Waals surface area contributed by atoms with Crippen molar-refractivity contribution in [3.63, 3.8) is 0 Å². The number of hydrogen-bond donors (Lipinski definition) is 0. The van der Waals surface area contributed by atoms with Crippen LogP contribution in [0.15, 0.2) is 67.3 Å². The lowest BCUT2D eigenvalue weighted by atomic mass is 9.92. The van der Waals surface area contributed by atoms with Crippen LogP contribution in [-0.4, -0.2) is 12.6 Å². The van der Waals surface area contributed by atoms with Gasteiger partial charge in [-0.15, -0.1) is 0 Å². The molecule has 0 heterocycles. The Kier molecular flexibility index (Phi) is 4.57. The number of aryl methyl sites for hydroxylation is 1. The predicted molar refractivity (Wildman–Crippen MR) is 109 cm³/mol. The number of hydrogen-bond acceptors (Lipinski definition) is 2. The molecular weight excluding hydrogens is 320 g/mol. The van der Waals surface area contributed by atoms with Gasteiger partial charge in [0.2, 0.25) is 0 Å². The van der Waals surface area contributed by atoms with Crippen molar-refractivity contribution in [3.8, 4) is 0 Å². The van der Waals surface area contributed by atoms with E-state index >= 15 is 0 Å². The van der Waals surface area contributed by atoms with Crippen LogP contribution in [0.1, 0.15) is 24.8 Å². The Labute approximate surface area is 153 Å². The highest BCUT2D eigenvalue weighted by molar-refractivity contribution is 6.23. The molecule has 2 nitrogen and oxygen atoms in total. The third-order valence-corrected chi connectivity index (χ3v) is 5.04. The summed E-state index contributed by atoms with van der Waals surface area (Å²) < 4.78 is 5.02. The molecule has 0 fully saturated rings. The quantitative estimate of drug-likeness (QED) is 0.177. The molecule has 0 atom stereocenters. The standard InChI is InChI=1S/C24H22O2/c1-2-22(25)26-14-5-3-4-7-17-15-20-12-10-18-8-6-9-19-11-13-21(16-17)24(20)23(18)19/h2,6,8-13,15-16H,1,3-5,7,14H2. The van der Waals surface area contributed by atoms with Crippen LogP contribution < -0.4 is 0 Å². The normalized spacial score (nSPS) is 11.4. The highest BCUT2D eigenvalue weighted by atomic mass is 16.5. The molecule has 0 aliphatic carbocycles. The van der Waals surface area contributed by atoms with Gasteiger partial charge in [-0.1, -0.05) is 61.2 Å². The van der Waals surface area contributed by atoms with E-state index in [9.17, 15) is 4.79 Å². The summed E-state index contributed by atoms with van der Waals surface area (Å²) in [5.74, 6) is -0.336. The van der Waals surface area contributed by atoms with Crippen LogP contribution in [0.3, 0.4) is 0 Å². The Morgan fingerprint density at radius 2 is 1.46 bits per heavy atom. The van der Waals surface area contributed by atoms with E-state index < -0.39 is 0 Å². The first-order valence-electron chi connectivity index (χ1n) is 9.22. The molecule has 0 aliphatic rings. The monoisotopic (exact) mass is 342 g/mol. The molecular formula is C24H22O2. The van der Waals surface area contributed by atoms with Crippen molar-refractivity contribution in [3.05, 3.63) is 72.8 Å². The van der Waals surface area contributed by atoms with Gasteiger partial charge >= 0.3 is 5.97 Å². The summed E-state index contributed by atoms with van der Waals surface area (Å²) in [6, 6.07) is 20.1. The van der Waals surface area contributed by atoms with E-state index in [-0.39, 0.29) is 5.97 Å². The average Bonchev–Trinajstić information content (AvgIpc) is 2.68. The molecule has 130 valence electrons. The minimum absolute atomic E-state index is 0.336. The minimum Gasteiger partial charge on any atom is -0.463 e. The largest absolute Gasteiger partial charge is 0.463 e. The van der Waals surface area contributed by atoms with E-state index in [4.69, 9.17) is 4.74 Å². The van der Waals surface area contributed by atoms with Gasteiger partial charge in [-0.2, -0.15) is 0 Å². The Balaban J connectivity index is 1.50. The molecule has 4 aromatic carbocycles. The summed E-state index contributed by atoms with van der Waals surface area (Å²) in [7, 11) is 0. The number of carbonyl (C=O) groups is 1. The van der Waals surface area contributed by atoms with Crippen molar-refractivity contribution in [2.45, 2.75) is 25.7 Å². The van der Waals surface area contributed by atoms with Gasteiger partial charge in [-0.3, -0.25) is 0 Å². The maximum atomic E-state index is 11.0. The Hall–Kier alpha value is -2.87. The number of carbonyl (C=O) groups excluding carboxylic acids is 1. The molecule has 0 saturated carbocycles. The van der Waals surface area contributed by atoms with Crippen LogP contribution in [0, 0.1) is 0 Å². The van der Waals surface area contributed by atoms with E-state index in [2.05, 4.69) is 61.2 Å². The highest BCUT2D eigenvalue weighted by Crippen LogP contribution is 2.35. The summed E-state index contributed by atoms with van der Waals surface area (Å²) in [4.78, 5) is 11.0. The van der Waals surface area contributed by atoms with Crippen molar-refractivity contribution in [2.24, 2.45) is 0 Å². The average molecular weight is 342 g/mol. The summed E-state index contributed by atoms with van der Waals surface area (Å²) in [6.45, 7) is 3.88. The van der Waals surface area contributed by atoms with E-state index in [1.165, 1.54) is 44.0 Å². The van der Waals surface area contributed by atoms with Crippen molar-refractivity contribution in [2.75, 3.05) is 6.61 Å². The molecule has 2 heteroatoms. The lowest BCUT2D eigenvalue weighted by Gasteiger charge is -2.12. The Bertz CT molecular complexity index is 1010. The van der Waals surface area contributed by atoms with Gasteiger partial charge in [0.15, 0.2) is 0 Å². The van der Waals surface area contributed by atoms with Crippen LogP contribution in [0.2, 0.25) is 0 Å². The van der Waals surface area contributed by atoms with Gasteiger partial charge in [0, 0.05) is 6.08 Å². The van der Waals surface area contributed by atoms with Gasteiger partial charge in [-0.05, 0) is 63.6 Å². The molecule has 0 aromatic heterocycles. The van der Waals surface area contributed by atoms with Crippen molar-refractivity contribution < 1.29 is 9.53 Å².